The zero-order chi connectivity index (χ0) is 43.0. The fraction of sp³-hybridized carbons (Fsp3) is 0.0164. The van der Waals surface area contributed by atoms with Crippen LogP contribution in [0.5, 0.6) is 0 Å². The Morgan fingerprint density at radius 3 is 1.35 bits per heavy atom. The number of para-hydroxylation sites is 6. The van der Waals surface area contributed by atoms with E-state index < -0.39 is 13.5 Å². The monoisotopic (exact) mass is 846 g/mol. The van der Waals surface area contributed by atoms with Crippen molar-refractivity contribution in [2.45, 2.75) is 5.41 Å². The lowest BCUT2D eigenvalue weighted by atomic mass is 9.62. The normalized spacial score (nSPS) is 14.3. The summed E-state index contributed by atoms with van der Waals surface area (Å²) in [6.45, 7) is 0. The Hall–Kier alpha value is -8.18. The second-order valence-electron chi connectivity index (χ2n) is 17.2. The minimum absolute atomic E-state index is 0.704. The second-order valence-corrected chi connectivity index (χ2v) is 20.9. The SMILES string of the molecule is c1ccc(N2c3ccccc3C(c3ccc(N4c5ccccc5[Si](c5ccccc5)(c5ccccc5)c5ccccc54)cc3)(c3ccc4c(c3)oc3ccccc34)c3ccccc32)cc1. The molecule has 0 amide bonds. The van der Waals surface area contributed by atoms with Gasteiger partial charge in [0.2, 0.25) is 0 Å². The van der Waals surface area contributed by atoms with E-state index in [9.17, 15) is 0 Å². The van der Waals surface area contributed by atoms with Crippen molar-refractivity contribution in [3.05, 3.63) is 277 Å². The molecular weight excluding hydrogens is 805 g/mol. The van der Waals surface area contributed by atoms with E-state index in [0.717, 1.165) is 50.3 Å². The Morgan fingerprint density at radius 2 is 0.754 bits per heavy atom. The molecule has 2 aliphatic rings. The predicted octanol–water partition coefficient (Wildman–Crippen LogP) is 12.9. The maximum atomic E-state index is 6.66. The summed E-state index contributed by atoms with van der Waals surface area (Å²) in [5, 5.41) is 7.76. The van der Waals surface area contributed by atoms with Gasteiger partial charge in [-0.25, -0.2) is 0 Å². The first kappa shape index (κ1) is 37.4. The van der Waals surface area contributed by atoms with E-state index in [1.807, 2.05) is 6.07 Å². The minimum atomic E-state index is -2.75. The Kier molecular flexibility index (Phi) is 8.45. The summed E-state index contributed by atoms with van der Waals surface area (Å²) in [7, 11) is -2.75. The molecule has 10 aromatic carbocycles. The molecular formula is C61H42N2OSi. The van der Waals surface area contributed by atoms with Crippen molar-refractivity contribution in [2.24, 2.45) is 0 Å². The molecule has 0 atom stereocenters. The molecule has 306 valence electrons. The summed E-state index contributed by atoms with van der Waals surface area (Å²) in [6, 6.07) is 94.1. The molecule has 0 saturated carbocycles. The van der Waals surface area contributed by atoms with Gasteiger partial charge in [0.1, 0.15) is 11.2 Å². The van der Waals surface area contributed by atoms with Gasteiger partial charge in [0.05, 0.1) is 16.8 Å². The van der Waals surface area contributed by atoms with Gasteiger partial charge in [-0.2, -0.15) is 0 Å². The Labute approximate surface area is 379 Å². The van der Waals surface area contributed by atoms with Crippen LogP contribution in [0.1, 0.15) is 22.3 Å². The average Bonchev–Trinajstić information content (AvgIpc) is 3.76. The van der Waals surface area contributed by atoms with Gasteiger partial charge in [-0.3, -0.25) is 0 Å². The van der Waals surface area contributed by atoms with Crippen molar-refractivity contribution >= 4 is 84.9 Å². The topological polar surface area (TPSA) is 19.6 Å². The third-order valence-corrected chi connectivity index (χ3v) is 18.9. The van der Waals surface area contributed by atoms with E-state index in [-0.39, 0.29) is 0 Å². The van der Waals surface area contributed by atoms with E-state index in [4.69, 9.17) is 4.42 Å². The van der Waals surface area contributed by atoms with Crippen molar-refractivity contribution in [2.75, 3.05) is 9.80 Å². The quantitative estimate of drug-likeness (QED) is 0.155. The molecule has 0 spiro atoms. The number of rotatable bonds is 6. The fourth-order valence-corrected chi connectivity index (χ4v) is 16.5. The molecule has 0 N–H and O–H groups in total. The number of furan rings is 1. The molecule has 0 saturated heterocycles. The molecule has 3 nitrogen and oxygen atoms in total. The summed E-state index contributed by atoms with van der Waals surface area (Å²) >= 11 is 0. The van der Waals surface area contributed by atoms with Crippen molar-refractivity contribution < 1.29 is 4.42 Å². The molecule has 2 aliphatic heterocycles. The van der Waals surface area contributed by atoms with Crippen LogP contribution in [0.4, 0.5) is 34.1 Å². The van der Waals surface area contributed by atoms with Crippen LogP contribution in [0, 0.1) is 0 Å². The number of hydrogen-bond donors (Lipinski definition) is 0. The van der Waals surface area contributed by atoms with Crippen LogP contribution in [-0.4, -0.2) is 8.07 Å². The summed E-state index contributed by atoms with van der Waals surface area (Å²) in [6.07, 6.45) is 0. The van der Waals surface area contributed by atoms with E-state index >= 15 is 0 Å². The van der Waals surface area contributed by atoms with Crippen LogP contribution in [0.2, 0.25) is 0 Å². The van der Waals surface area contributed by atoms with Gasteiger partial charge in [-0.05, 0) is 104 Å². The zero-order valence-electron chi connectivity index (χ0n) is 35.6. The Morgan fingerprint density at radius 1 is 0.323 bits per heavy atom. The number of anilines is 6. The van der Waals surface area contributed by atoms with Crippen molar-refractivity contribution in [3.8, 4) is 0 Å². The van der Waals surface area contributed by atoms with Gasteiger partial charge in [0, 0.05) is 33.5 Å². The summed E-state index contributed by atoms with van der Waals surface area (Å²) in [5.74, 6) is 0. The fourth-order valence-electron chi connectivity index (χ4n) is 11.4. The standard InChI is InChI=1S/C61H42N2OSi/c1-4-20-45(21-5-1)62-53-29-13-11-27-51(53)61(52-28-12-14-30-54(52)62,44-38-41-50-49-26-10-17-33-57(49)64-58(50)42-44)43-36-39-46(40-37-43)63-55-31-15-18-34-59(55)65(47-22-6-2-7-23-47,48-24-8-3-9-25-48)60-35-19-16-32-56(60)63/h1-42H. The maximum absolute atomic E-state index is 6.66. The lowest BCUT2D eigenvalue weighted by Crippen LogP contribution is -2.77. The number of hydrogen-bond acceptors (Lipinski definition) is 3. The van der Waals surface area contributed by atoms with E-state index in [1.165, 1.54) is 48.8 Å². The number of fused-ring (bicyclic) bond motifs is 7. The average molecular weight is 847 g/mol. The van der Waals surface area contributed by atoms with Gasteiger partial charge in [-0.1, -0.05) is 194 Å². The Balaban J connectivity index is 1.05. The lowest BCUT2D eigenvalue weighted by Gasteiger charge is -2.47. The van der Waals surface area contributed by atoms with Crippen LogP contribution in [-0.2, 0) is 5.41 Å². The van der Waals surface area contributed by atoms with Gasteiger partial charge in [0.25, 0.3) is 0 Å². The largest absolute Gasteiger partial charge is 0.456 e. The van der Waals surface area contributed by atoms with Gasteiger partial charge in [-0.15, -0.1) is 0 Å². The third kappa shape index (κ3) is 5.35. The molecule has 0 aliphatic carbocycles. The highest BCUT2D eigenvalue weighted by Gasteiger charge is 2.50. The first-order valence-electron chi connectivity index (χ1n) is 22.4. The molecule has 4 heteroatoms. The highest BCUT2D eigenvalue weighted by Crippen LogP contribution is 2.58. The van der Waals surface area contributed by atoms with Gasteiger partial charge < -0.3 is 14.2 Å². The molecule has 13 rings (SSSR count). The summed E-state index contributed by atoms with van der Waals surface area (Å²) in [5.41, 5.74) is 12.8. The van der Waals surface area contributed by atoms with E-state index in [1.54, 1.807) is 0 Å². The molecule has 3 heterocycles. The molecule has 0 radical (unpaired) electrons. The van der Waals surface area contributed by atoms with Crippen LogP contribution in [0.3, 0.4) is 0 Å². The number of nitrogens with zero attached hydrogens (tertiary/aromatic N) is 2. The summed E-state index contributed by atoms with van der Waals surface area (Å²) in [4.78, 5) is 4.92. The van der Waals surface area contributed by atoms with E-state index in [2.05, 4.69) is 259 Å². The Bertz CT molecular complexity index is 3430. The van der Waals surface area contributed by atoms with Crippen molar-refractivity contribution in [3.63, 3.8) is 0 Å². The van der Waals surface area contributed by atoms with Crippen LogP contribution in [0.25, 0.3) is 21.9 Å². The minimum Gasteiger partial charge on any atom is -0.456 e. The second kappa shape index (κ2) is 14.7. The first-order chi connectivity index (χ1) is 32.3. The van der Waals surface area contributed by atoms with E-state index in [0.29, 0.717) is 0 Å². The van der Waals surface area contributed by atoms with Gasteiger partial charge >= 0.3 is 0 Å². The highest BCUT2D eigenvalue weighted by atomic mass is 28.3. The maximum Gasteiger partial charge on any atom is 0.184 e. The smallest absolute Gasteiger partial charge is 0.184 e. The van der Waals surface area contributed by atoms with Crippen LogP contribution < -0.4 is 30.5 Å². The lowest BCUT2D eigenvalue weighted by molar-refractivity contribution is 0.664. The molecule has 65 heavy (non-hydrogen) atoms. The van der Waals surface area contributed by atoms with Crippen molar-refractivity contribution in [1.82, 2.24) is 0 Å². The molecule has 0 fully saturated rings. The van der Waals surface area contributed by atoms with Crippen LogP contribution >= 0.6 is 0 Å². The van der Waals surface area contributed by atoms with Crippen LogP contribution in [0.15, 0.2) is 259 Å². The van der Waals surface area contributed by atoms with Gasteiger partial charge in [0.15, 0.2) is 8.07 Å². The first-order valence-corrected chi connectivity index (χ1v) is 24.4. The molecule has 11 aromatic rings. The predicted molar refractivity (Wildman–Crippen MR) is 272 cm³/mol. The highest BCUT2D eigenvalue weighted by molar-refractivity contribution is 7.21. The molecule has 0 unspecified atom stereocenters. The third-order valence-electron chi connectivity index (χ3n) is 14.0. The summed E-state index contributed by atoms with van der Waals surface area (Å²) < 4.78 is 6.66. The number of benzene rings is 10. The molecule has 1 aromatic heterocycles. The zero-order valence-corrected chi connectivity index (χ0v) is 36.6. The van der Waals surface area contributed by atoms with Crippen molar-refractivity contribution in [1.29, 1.82) is 0 Å². The molecule has 0 bridgehead atoms.